The van der Waals surface area contributed by atoms with Gasteiger partial charge < -0.3 is 19.1 Å². The van der Waals surface area contributed by atoms with Crippen molar-refractivity contribution in [2.45, 2.75) is 46.2 Å². The second kappa shape index (κ2) is 11.0. The van der Waals surface area contributed by atoms with E-state index in [1.54, 1.807) is 45.5 Å². The first-order chi connectivity index (χ1) is 17.7. The van der Waals surface area contributed by atoms with Gasteiger partial charge in [-0.3, -0.25) is 19.0 Å². The molecule has 0 N–H and O–H groups in total. The molecule has 37 heavy (non-hydrogen) atoms. The summed E-state index contributed by atoms with van der Waals surface area (Å²) in [6, 6.07) is 6.85. The van der Waals surface area contributed by atoms with E-state index in [2.05, 4.69) is 9.88 Å². The molecule has 196 valence electrons. The highest BCUT2D eigenvalue weighted by molar-refractivity contribution is 6.10. The number of carbonyl (C=O) groups excluding carboxylic acids is 2. The molecule has 1 saturated heterocycles. The van der Waals surface area contributed by atoms with Crippen molar-refractivity contribution in [3.8, 4) is 5.75 Å². The standard InChI is InChI=1S/C28H35N5O4/c1-19(2)12-15-33-25-24(23(27(35)30(3)4)26(33)31-13-7-6-8-14-31)29-18-32(28(25)36)17-22(34)20-10-9-11-21(16-20)37-5/h9-12,16,18H,6-8,13-15,17H2,1-5H3. The van der Waals surface area contributed by atoms with Crippen LogP contribution >= 0.6 is 0 Å². The number of Topliss-reactive ketones (excluding diaryl/α,β-unsaturated/α-hetero) is 1. The SMILES string of the molecule is COc1cccc(C(=O)Cn2cnc3c(C(=O)N(C)C)c(N4CCCCC4)n(CC=C(C)C)c3c2=O)c1. The van der Waals surface area contributed by atoms with Crippen LogP contribution in [0.3, 0.4) is 0 Å². The highest BCUT2D eigenvalue weighted by Gasteiger charge is 2.31. The van der Waals surface area contributed by atoms with Gasteiger partial charge in [0, 0.05) is 39.3 Å². The highest BCUT2D eigenvalue weighted by atomic mass is 16.5. The molecule has 0 bridgehead atoms. The first-order valence-electron chi connectivity index (χ1n) is 12.6. The van der Waals surface area contributed by atoms with E-state index in [4.69, 9.17) is 4.74 Å². The lowest BCUT2D eigenvalue weighted by molar-refractivity contribution is 0.0829. The van der Waals surface area contributed by atoms with Crippen LogP contribution in [-0.4, -0.2) is 65.0 Å². The number of aromatic nitrogens is 3. The maximum Gasteiger partial charge on any atom is 0.278 e. The van der Waals surface area contributed by atoms with Gasteiger partial charge in [0.2, 0.25) is 0 Å². The maximum absolute atomic E-state index is 13.9. The average molecular weight is 506 g/mol. The third kappa shape index (κ3) is 5.30. The number of fused-ring (bicyclic) bond motifs is 1. The number of carbonyl (C=O) groups is 2. The number of hydrogen-bond donors (Lipinski definition) is 0. The Morgan fingerprint density at radius 2 is 1.86 bits per heavy atom. The van der Waals surface area contributed by atoms with Crippen LogP contribution in [0.1, 0.15) is 53.8 Å². The summed E-state index contributed by atoms with van der Waals surface area (Å²) < 4.78 is 8.47. The highest BCUT2D eigenvalue weighted by Crippen LogP contribution is 2.33. The topological polar surface area (TPSA) is 89.7 Å². The van der Waals surface area contributed by atoms with E-state index in [1.807, 2.05) is 24.5 Å². The zero-order chi connectivity index (χ0) is 26.7. The maximum atomic E-state index is 13.9. The van der Waals surface area contributed by atoms with Crippen molar-refractivity contribution in [1.82, 2.24) is 19.0 Å². The molecule has 0 spiro atoms. The summed E-state index contributed by atoms with van der Waals surface area (Å²) >= 11 is 0. The number of piperidine rings is 1. The molecular formula is C28H35N5O4. The van der Waals surface area contributed by atoms with Gasteiger partial charge in [0.1, 0.15) is 28.2 Å². The summed E-state index contributed by atoms with van der Waals surface area (Å²) in [4.78, 5) is 48.7. The first-order valence-corrected chi connectivity index (χ1v) is 12.6. The molecule has 0 saturated carbocycles. The van der Waals surface area contributed by atoms with Gasteiger partial charge in [0.15, 0.2) is 5.78 Å². The van der Waals surface area contributed by atoms with Gasteiger partial charge in [-0.25, -0.2) is 4.98 Å². The molecular weight excluding hydrogens is 470 g/mol. The van der Waals surface area contributed by atoms with Crippen molar-refractivity contribution in [3.63, 3.8) is 0 Å². The number of rotatable bonds is 8. The lowest BCUT2D eigenvalue weighted by Crippen LogP contribution is -2.34. The van der Waals surface area contributed by atoms with Crippen molar-refractivity contribution >= 4 is 28.5 Å². The Kier molecular flexibility index (Phi) is 7.80. The Labute approximate surface area is 216 Å². The fourth-order valence-corrected chi connectivity index (χ4v) is 4.71. The Bertz CT molecular complexity index is 1410. The third-order valence-electron chi connectivity index (χ3n) is 6.66. The van der Waals surface area contributed by atoms with Gasteiger partial charge in [-0.1, -0.05) is 23.8 Å². The minimum atomic E-state index is -0.348. The van der Waals surface area contributed by atoms with Crippen LogP contribution in [0.15, 0.2) is 47.0 Å². The minimum absolute atomic E-state index is 0.168. The Morgan fingerprint density at radius 3 is 2.51 bits per heavy atom. The molecule has 3 aromatic rings. The summed E-state index contributed by atoms with van der Waals surface area (Å²) in [5.41, 5.74) is 2.35. The first kappa shape index (κ1) is 26.2. The van der Waals surface area contributed by atoms with Crippen molar-refractivity contribution < 1.29 is 14.3 Å². The second-order valence-electron chi connectivity index (χ2n) is 9.87. The van der Waals surface area contributed by atoms with E-state index in [0.29, 0.717) is 34.5 Å². The average Bonchev–Trinajstić information content (AvgIpc) is 3.23. The molecule has 1 amide bonds. The fourth-order valence-electron chi connectivity index (χ4n) is 4.71. The van der Waals surface area contributed by atoms with Gasteiger partial charge in [-0.05, 0) is 45.2 Å². The third-order valence-corrected chi connectivity index (χ3v) is 6.66. The monoisotopic (exact) mass is 505 g/mol. The zero-order valence-corrected chi connectivity index (χ0v) is 22.3. The van der Waals surface area contributed by atoms with Crippen LogP contribution in [0, 0.1) is 0 Å². The van der Waals surface area contributed by atoms with Gasteiger partial charge in [0.25, 0.3) is 11.5 Å². The minimum Gasteiger partial charge on any atom is -0.497 e. The normalized spacial score (nSPS) is 13.5. The zero-order valence-electron chi connectivity index (χ0n) is 22.3. The van der Waals surface area contributed by atoms with E-state index in [1.165, 1.54) is 15.8 Å². The van der Waals surface area contributed by atoms with Crippen molar-refractivity contribution in [1.29, 1.82) is 0 Å². The predicted molar refractivity (Wildman–Crippen MR) is 145 cm³/mol. The lowest BCUT2D eigenvalue weighted by atomic mass is 10.1. The Morgan fingerprint density at radius 1 is 1.14 bits per heavy atom. The number of allylic oxidation sites excluding steroid dienone is 2. The predicted octanol–water partition coefficient (Wildman–Crippen LogP) is 3.75. The van der Waals surface area contributed by atoms with Gasteiger partial charge in [0.05, 0.1) is 20.0 Å². The lowest BCUT2D eigenvalue weighted by Gasteiger charge is -2.31. The molecule has 0 radical (unpaired) electrons. The van der Waals surface area contributed by atoms with E-state index < -0.39 is 0 Å². The van der Waals surface area contributed by atoms with Crippen molar-refractivity contribution in [2.75, 3.05) is 39.2 Å². The molecule has 9 nitrogen and oxygen atoms in total. The Balaban J connectivity index is 1.91. The van der Waals surface area contributed by atoms with Crippen LogP contribution in [0.2, 0.25) is 0 Å². The molecule has 0 unspecified atom stereocenters. The van der Waals surface area contributed by atoms with Crippen LogP contribution < -0.4 is 15.2 Å². The largest absolute Gasteiger partial charge is 0.497 e. The van der Waals surface area contributed by atoms with Crippen LogP contribution in [0.4, 0.5) is 5.82 Å². The molecule has 1 fully saturated rings. The van der Waals surface area contributed by atoms with Gasteiger partial charge in [-0.2, -0.15) is 0 Å². The van der Waals surface area contributed by atoms with Crippen molar-refractivity contribution in [3.05, 3.63) is 63.7 Å². The molecule has 3 heterocycles. The van der Waals surface area contributed by atoms with Crippen molar-refractivity contribution in [2.24, 2.45) is 0 Å². The van der Waals surface area contributed by atoms with E-state index in [9.17, 15) is 14.4 Å². The van der Waals surface area contributed by atoms with Crippen LogP contribution in [0.25, 0.3) is 11.0 Å². The number of nitrogens with zero attached hydrogens (tertiary/aromatic N) is 5. The summed E-state index contributed by atoms with van der Waals surface area (Å²) in [5, 5.41) is 0. The molecule has 4 rings (SSSR count). The molecule has 1 aliphatic rings. The number of methoxy groups -OCH3 is 1. The molecule has 1 aromatic carbocycles. The van der Waals surface area contributed by atoms with E-state index in [-0.39, 0.29) is 23.8 Å². The molecule has 9 heteroatoms. The van der Waals surface area contributed by atoms with E-state index >= 15 is 0 Å². The number of hydrogen-bond acceptors (Lipinski definition) is 6. The van der Waals surface area contributed by atoms with Crippen LogP contribution in [0.5, 0.6) is 5.75 Å². The number of ketones is 1. The van der Waals surface area contributed by atoms with Crippen LogP contribution in [-0.2, 0) is 13.1 Å². The summed E-state index contributed by atoms with van der Waals surface area (Å²) in [6.07, 6.45) is 6.59. The number of benzene rings is 1. The second-order valence-corrected chi connectivity index (χ2v) is 9.87. The quantitative estimate of drug-likeness (QED) is 0.342. The summed E-state index contributed by atoms with van der Waals surface area (Å²) in [7, 11) is 4.95. The number of ether oxygens (including phenoxy) is 1. The number of amides is 1. The Hall–Kier alpha value is -3.88. The van der Waals surface area contributed by atoms with E-state index in [0.717, 1.165) is 43.7 Å². The molecule has 1 aliphatic heterocycles. The smallest absolute Gasteiger partial charge is 0.278 e. The molecule has 0 aliphatic carbocycles. The molecule has 2 aromatic heterocycles. The van der Waals surface area contributed by atoms with Gasteiger partial charge in [-0.15, -0.1) is 0 Å². The summed E-state index contributed by atoms with van der Waals surface area (Å²) in [6.45, 7) is 5.88. The summed E-state index contributed by atoms with van der Waals surface area (Å²) in [5.74, 6) is 0.872. The van der Waals surface area contributed by atoms with Gasteiger partial charge >= 0.3 is 0 Å². The fraction of sp³-hybridized carbons (Fsp3) is 0.429. The number of anilines is 1. The molecule has 0 atom stereocenters.